The highest BCUT2D eigenvalue weighted by molar-refractivity contribution is 7.91. The van der Waals surface area contributed by atoms with Crippen LogP contribution in [0.15, 0.2) is 46.2 Å². The van der Waals surface area contributed by atoms with Crippen molar-refractivity contribution in [3.8, 4) is 11.3 Å². The molecule has 0 unspecified atom stereocenters. The van der Waals surface area contributed by atoms with Crippen LogP contribution in [0.5, 0.6) is 0 Å². The second-order valence-electron chi connectivity index (χ2n) is 4.25. The Bertz CT molecular complexity index is 875. The van der Waals surface area contributed by atoms with Crippen LogP contribution in [0.25, 0.3) is 11.3 Å². The van der Waals surface area contributed by atoms with Gasteiger partial charge in [0, 0.05) is 23.3 Å². The molecule has 0 atom stereocenters. The molecule has 9 heteroatoms. The molecular formula is C13H10ClN3O2S3. The maximum absolute atomic E-state index is 12.1. The number of rotatable bonds is 5. The van der Waals surface area contributed by atoms with Gasteiger partial charge in [-0.1, -0.05) is 11.6 Å². The lowest BCUT2D eigenvalue weighted by atomic mass is 10.2. The molecule has 0 radical (unpaired) electrons. The zero-order valence-corrected chi connectivity index (χ0v) is 14.3. The van der Waals surface area contributed by atoms with Gasteiger partial charge in [-0.2, -0.15) is 0 Å². The molecule has 0 bridgehead atoms. The Morgan fingerprint density at radius 2 is 1.95 bits per heavy atom. The van der Waals surface area contributed by atoms with Gasteiger partial charge in [-0.25, -0.2) is 18.1 Å². The number of aromatic nitrogens is 2. The molecule has 114 valence electrons. The van der Waals surface area contributed by atoms with E-state index in [1.807, 2.05) is 17.5 Å². The molecule has 0 aliphatic carbocycles. The summed E-state index contributed by atoms with van der Waals surface area (Å²) in [6.07, 6.45) is 3.38. The van der Waals surface area contributed by atoms with Crippen molar-refractivity contribution in [3.05, 3.63) is 51.4 Å². The normalized spacial score (nSPS) is 11.7. The van der Waals surface area contributed by atoms with Gasteiger partial charge in [-0.3, -0.25) is 4.98 Å². The maximum atomic E-state index is 12.1. The highest BCUT2D eigenvalue weighted by Crippen LogP contribution is 2.26. The van der Waals surface area contributed by atoms with Crippen LogP contribution in [0.3, 0.4) is 0 Å². The monoisotopic (exact) mass is 371 g/mol. The van der Waals surface area contributed by atoms with Crippen molar-refractivity contribution in [2.45, 2.75) is 10.8 Å². The highest BCUT2D eigenvalue weighted by Gasteiger charge is 2.17. The number of pyridine rings is 1. The van der Waals surface area contributed by atoms with Gasteiger partial charge >= 0.3 is 0 Å². The first-order valence-electron chi connectivity index (χ1n) is 6.14. The fourth-order valence-corrected chi connectivity index (χ4v) is 5.07. The van der Waals surface area contributed by atoms with Crippen LogP contribution in [0.1, 0.15) is 5.01 Å². The summed E-state index contributed by atoms with van der Waals surface area (Å²) in [5.41, 5.74) is 1.76. The third kappa shape index (κ3) is 3.53. The molecular weight excluding hydrogens is 362 g/mol. The lowest BCUT2D eigenvalue weighted by Gasteiger charge is -2.02. The third-order valence-corrected chi connectivity index (χ3v) is 6.73. The van der Waals surface area contributed by atoms with Crippen LogP contribution >= 0.6 is 34.3 Å². The summed E-state index contributed by atoms with van der Waals surface area (Å²) in [6.45, 7) is 0.146. The fraction of sp³-hybridized carbons (Fsp3) is 0.0769. The molecule has 3 aromatic heterocycles. The minimum Gasteiger partial charge on any atom is -0.265 e. The minimum atomic E-state index is -3.55. The van der Waals surface area contributed by atoms with Gasteiger partial charge in [0.25, 0.3) is 0 Å². The number of nitrogens with one attached hydrogen (secondary N) is 1. The zero-order chi connectivity index (χ0) is 15.6. The lowest BCUT2D eigenvalue weighted by Crippen LogP contribution is -2.22. The average Bonchev–Trinajstić information content (AvgIpc) is 3.15. The van der Waals surface area contributed by atoms with Gasteiger partial charge in [-0.05, 0) is 24.3 Å². The van der Waals surface area contributed by atoms with Crippen LogP contribution in [0.2, 0.25) is 4.34 Å². The van der Waals surface area contributed by atoms with Crippen molar-refractivity contribution < 1.29 is 8.42 Å². The SMILES string of the molecule is O=S(=O)(NCc1nc(-c2ccncc2)cs1)c1ccc(Cl)s1. The van der Waals surface area contributed by atoms with Gasteiger partial charge < -0.3 is 0 Å². The Hall–Kier alpha value is -1.32. The smallest absolute Gasteiger partial charge is 0.250 e. The molecule has 0 amide bonds. The summed E-state index contributed by atoms with van der Waals surface area (Å²) in [4.78, 5) is 8.38. The van der Waals surface area contributed by atoms with Gasteiger partial charge in [-0.15, -0.1) is 22.7 Å². The summed E-state index contributed by atoms with van der Waals surface area (Å²) in [5.74, 6) is 0. The van der Waals surface area contributed by atoms with E-state index in [-0.39, 0.29) is 10.8 Å². The maximum Gasteiger partial charge on any atom is 0.250 e. The topological polar surface area (TPSA) is 72.0 Å². The number of thiazole rings is 1. The quantitative estimate of drug-likeness (QED) is 0.746. The average molecular weight is 372 g/mol. The van der Waals surface area contributed by atoms with E-state index in [0.717, 1.165) is 22.6 Å². The second-order valence-corrected chi connectivity index (χ2v) is 8.90. The Balaban J connectivity index is 1.71. The number of sulfonamides is 1. The van der Waals surface area contributed by atoms with Crippen molar-refractivity contribution in [1.82, 2.24) is 14.7 Å². The number of hydrogen-bond donors (Lipinski definition) is 1. The van der Waals surface area contributed by atoms with E-state index in [1.165, 1.54) is 17.4 Å². The Morgan fingerprint density at radius 1 is 1.18 bits per heavy atom. The molecule has 3 aromatic rings. The number of halogens is 1. The molecule has 0 spiro atoms. The summed E-state index contributed by atoms with van der Waals surface area (Å²) >= 11 is 8.19. The van der Waals surface area contributed by atoms with Gasteiger partial charge in [0.05, 0.1) is 16.6 Å². The molecule has 5 nitrogen and oxygen atoms in total. The van der Waals surface area contributed by atoms with E-state index in [2.05, 4.69) is 14.7 Å². The van der Waals surface area contributed by atoms with Crippen molar-refractivity contribution >= 4 is 44.3 Å². The molecule has 0 aliphatic rings. The number of nitrogens with zero attached hydrogens (tertiary/aromatic N) is 2. The fourth-order valence-electron chi connectivity index (χ4n) is 1.72. The largest absolute Gasteiger partial charge is 0.265 e. The molecule has 0 fully saturated rings. The molecule has 0 saturated carbocycles. The van der Waals surface area contributed by atoms with Gasteiger partial charge in [0.15, 0.2) is 0 Å². The van der Waals surface area contributed by atoms with Crippen LogP contribution in [-0.2, 0) is 16.6 Å². The van der Waals surface area contributed by atoms with E-state index >= 15 is 0 Å². The lowest BCUT2D eigenvalue weighted by molar-refractivity contribution is 0.583. The zero-order valence-electron chi connectivity index (χ0n) is 11.1. The summed E-state index contributed by atoms with van der Waals surface area (Å²) in [6, 6.07) is 6.76. The first kappa shape index (κ1) is 15.6. The molecule has 22 heavy (non-hydrogen) atoms. The van der Waals surface area contributed by atoms with Gasteiger partial charge in [0.1, 0.15) is 9.22 Å². The minimum absolute atomic E-state index is 0.146. The summed E-state index contributed by atoms with van der Waals surface area (Å²) in [5, 5.41) is 2.58. The second kappa shape index (κ2) is 6.43. The number of thiophene rings is 1. The van der Waals surface area contributed by atoms with Crippen LogP contribution in [-0.4, -0.2) is 18.4 Å². The van der Waals surface area contributed by atoms with Crippen molar-refractivity contribution in [1.29, 1.82) is 0 Å². The van der Waals surface area contributed by atoms with Gasteiger partial charge in [0.2, 0.25) is 10.0 Å². The Morgan fingerprint density at radius 3 is 2.64 bits per heavy atom. The Kier molecular flexibility index (Phi) is 4.55. The van der Waals surface area contributed by atoms with E-state index in [9.17, 15) is 8.42 Å². The van der Waals surface area contributed by atoms with Crippen LogP contribution in [0, 0.1) is 0 Å². The molecule has 3 heterocycles. The van der Waals surface area contributed by atoms with Crippen molar-refractivity contribution in [3.63, 3.8) is 0 Å². The third-order valence-electron chi connectivity index (χ3n) is 2.75. The van der Waals surface area contributed by atoms with E-state index in [4.69, 9.17) is 11.6 Å². The van der Waals surface area contributed by atoms with E-state index < -0.39 is 10.0 Å². The first-order valence-corrected chi connectivity index (χ1v) is 9.70. The molecule has 0 aliphatic heterocycles. The van der Waals surface area contributed by atoms with E-state index in [0.29, 0.717) is 9.34 Å². The molecule has 1 N–H and O–H groups in total. The standard InChI is InChI=1S/C13H10ClN3O2S3/c14-11-1-2-13(21-11)22(18,19)16-7-12-17-10(8-20-12)9-3-5-15-6-4-9/h1-6,8,16H,7H2. The van der Waals surface area contributed by atoms with Crippen molar-refractivity contribution in [2.24, 2.45) is 0 Å². The van der Waals surface area contributed by atoms with E-state index in [1.54, 1.807) is 18.5 Å². The Labute approximate surface area is 140 Å². The molecule has 3 rings (SSSR count). The summed E-state index contributed by atoms with van der Waals surface area (Å²) in [7, 11) is -3.55. The predicted molar refractivity (Wildman–Crippen MR) is 88.7 cm³/mol. The number of hydrogen-bond acceptors (Lipinski definition) is 6. The molecule has 0 aromatic carbocycles. The highest BCUT2D eigenvalue weighted by atomic mass is 35.5. The predicted octanol–water partition coefficient (Wildman–Crippen LogP) is 3.40. The van der Waals surface area contributed by atoms with Crippen molar-refractivity contribution in [2.75, 3.05) is 0 Å². The first-order chi connectivity index (χ1) is 10.5. The summed E-state index contributed by atoms with van der Waals surface area (Å²) < 4.78 is 27.4. The van der Waals surface area contributed by atoms with Crippen LogP contribution < -0.4 is 4.72 Å². The molecule has 0 saturated heterocycles. The van der Waals surface area contributed by atoms with Crippen LogP contribution in [0.4, 0.5) is 0 Å².